The normalized spacial score (nSPS) is 10.3. The molecule has 0 radical (unpaired) electrons. The monoisotopic (exact) mass is 294 g/mol. The Morgan fingerprint density at radius 1 is 1.15 bits per heavy atom. The largest absolute Gasteiger partial charge is 0.399 e. The van der Waals surface area contributed by atoms with E-state index in [0.29, 0.717) is 21.0 Å². The van der Waals surface area contributed by atoms with Crippen LogP contribution in [0.4, 0.5) is 14.5 Å². The predicted molar refractivity (Wildman–Crippen MR) is 74.7 cm³/mol. The number of carbonyl (C=O) groups excluding carboxylic acids is 1. The molecule has 0 spiro atoms. The van der Waals surface area contributed by atoms with Crippen molar-refractivity contribution >= 4 is 23.4 Å². The molecule has 0 bridgehead atoms. The summed E-state index contributed by atoms with van der Waals surface area (Å²) in [5.74, 6) is -2.11. The molecule has 2 rings (SSSR count). The molecule has 0 aliphatic rings. The number of hydrogen-bond donors (Lipinski definition) is 2. The van der Waals surface area contributed by atoms with Gasteiger partial charge in [-0.2, -0.15) is 0 Å². The van der Waals surface area contributed by atoms with Crippen LogP contribution < -0.4 is 11.1 Å². The maximum Gasteiger partial charge on any atom is 0.252 e. The average molecular weight is 294 g/mol. The highest BCUT2D eigenvalue weighted by atomic mass is 32.2. The van der Waals surface area contributed by atoms with Crippen molar-refractivity contribution < 1.29 is 13.6 Å². The first-order valence-corrected chi connectivity index (χ1v) is 6.57. The van der Waals surface area contributed by atoms with Crippen LogP contribution in [0.25, 0.3) is 0 Å². The van der Waals surface area contributed by atoms with Gasteiger partial charge in [-0.3, -0.25) is 4.79 Å². The van der Waals surface area contributed by atoms with Crippen LogP contribution in [0.5, 0.6) is 0 Å². The van der Waals surface area contributed by atoms with Crippen molar-refractivity contribution in [3.63, 3.8) is 0 Å². The van der Waals surface area contributed by atoms with Gasteiger partial charge in [-0.05, 0) is 36.4 Å². The van der Waals surface area contributed by atoms with Crippen LogP contribution >= 0.6 is 11.8 Å². The minimum Gasteiger partial charge on any atom is -0.399 e. The maximum atomic E-state index is 13.2. The minimum absolute atomic E-state index is 0.268. The van der Waals surface area contributed by atoms with Crippen LogP contribution in [0.15, 0.2) is 46.2 Å². The van der Waals surface area contributed by atoms with Crippen molar-refractivity contribution in [2.75, 3.05) is 12.8 Å². The molecule has 2 aromatic carbocycles. The maximum absolute atomic E-state index is 13.2. The summed E-state index contributed by atoms with van der Waals surface area (Å²) in [6, 6.07) is 8.40. The Hall–Kier alpha value is -2.08. The zero-order valence-electron chi connectivity index (χ0n) is 10.6. The van der Waals surface area contributed by atoms with E-state index in [4.69, 9.17) is 5.73 Å². The number of carbonyl (C=O) groups is 1. The Kier molecular flexibility index (Phi) is 4.24. The molecule has 0 heterocycles. The summed E-state index contributed by atoms with van der Waals surface area (Å²) < 4.78 is 26.1. The van der Waals surface area contributed by atoms with E-state index in [-0.39, 0.29) is 5.91 Å². The van der Waals surface area contributed by atoms with Crippen LogP contribution in [0.1, 0.15) is 10.4 Å². The van der Waals surface area contributed by atoms with Crippen molar-refractivity contribution in [2.45, 2.75) is 9.79 Å². The molecule has 3 nitrogen and oxygen atoms in total. The van der Waals surface area contributed by atoms with E-state index < -0.39 is 11.6 Å². The summed E-state index contributed by atoms with van der Waals surface area (Å²) in [6.45, 7) is 0. The Labute approximate surface area is 119 Å². The Bertz CT molecular complexity index is 662. The minimum atomic E-state index is -0.930. The topological polar surface area (TPSA) is 55.1 Å². The van der Waals surface area contributed by atoms with Crippen molar-refractivity contribution in [1.82, 2.24) is 5.32 Å². The molecular weight excluding hydrogens is 282 g/mol. The van der Waals surface area contributed by atoms with Crippen LogP contribution in [-0.4, -0.2) is 13.0 Å². The Morgan fingerprint density at radius 3 is 2.55 bits per heavy atom. The van der Waals surface area contributed by atoms with Gasteiger partial charge < -0.3 is 11.1 Å². The van der Waals surface area contributed by atoms with E-state index in [2.05, 4.69) is 5.32 Å². The second-order valence-electron chi connectivity index (χ2n) is 4.01. The van der Waals surface area contributed by atoms with Gasteiger partial charge in [0.05, 0.1) is 5.56 Å². The van der Waals surface area contributed by atoms with Crippen molar-refractivity contribution in [1.29, 1.82) is 0 Å². The van der Waals surface area contributed by atoms with Crippen LogP contribution in [-0.2, 0) is 0 Å². The van der Waals surface area contributed by atoms with E-state index in [1.54, 1.807) is 18.2 Å². The molecule has 20 heavy (non-hydrogen) atoms. The van der Waals surface area contributed by atoms with Crippen molar-refractivity contribution in [3.8, 4) is 0 Å². The van der Waals surface area contributed by atoms with E-state index in [9.17, 15) is 13.6 Å². The molecule has 0 fully saturated rings. The van der Waals surface area contributed by atoms with Crippen molar-refractivity contribution in [3.05, 3.63) is 53.6 Å². The molecule has 2 aromatic rings. The molecule has 0 saturated heterocycles. The lowest BCUT2D eigenvalue weighted by Crippen LogP contribution is -2.18. The van der Waals surface area contributed by atoms with Gasteiger partial charge in [-0.25, -0.2) is 8.78 Å². The number of nitrogens with one attached hydrogen (secondary N) is 1. The number of amides is 1. The molecule has 1 amide bonds. The first-order chi connectivity index (χ1) is 9.51. The molecule has 0 unspecified atom stereocenters. The number of nitrogen functional groups attached to an aromatic ring is 1. The van der Waals surface area contributed by atoms with Crippen LogP contribution in [0.3, 0.4) is 0 Å². The van der Waals surface area contributed by atoms with Gasteiger partial charge in [0, 0.05) is 22.5 Å². The summed E-state index contributed by atoms with van der Waals surface area (Å²) in [5, 5.41) is 2.52. The van der Waals surface area contributed by atoms with E-state index in [1.165, 1.54) is 13.1 Å². The summed E-state index contributed by atoms with van der Waals surface area (Å²) in [7, 11) is 1.52. The smallest absolute Gasteiger partial charge is 0.252 e. The lowest BCUT2D eigenvalue weighted by molar-refractivity contribution is 0.0960. The first kappa shape index (κ1) is 14.3. The molecule has 0 atom stereocenters. The molecule has 104 valence electrons. The number of hydrogen-bond acceptors (Lipinski definition) is 3. The van der Waals surface area contributed by atoms with Gasteiger partial charge in [0.1, 0.15) is 0 Å². The fourth-order valence-electron chi connectivity index (χ4n) is 1.61. The molecule has 0 aromatic heterocycles. The van der Waals surface area contributed by atoms with E-state index in [0.717, 1.165) is 23.9 Å². The number of benzene rings is 2. The third-order valence-corrected chi connectivity index (χ3v) is 3.64. The fraction of sp³-hybridized carbons (Fsp3) is 0.0714. The Balaban J connectivity index is 2.38. The van der Waals surface area contributed by atoms with Crippen molar-refractivity contribution in [2.24, 2.45) is 0 Å². The van der Waals surface area contributed by atoms with Gasteiger partial charge in [-0.1, -0.05) is 11.8 Å². The highest BCUT2D eigenvalue weighted by molar-refractivity contribution is 7.99. The molecule has 6 heteroatoms. The first-order valence-electron chi connectivity index (χ1n) is 5.76. The van der Waals surface area contributed by atoms with Gasteiger partial charge in [0.25, 0.3) is 5.91 Å². The zero-order valence-corrected chi connectivity index (χ0v) is 11.4. The number of anilines is 1. The summed E-state index contributed by atoms with van der Waals surface area (Å²) in [6.07, 6.45) is 0. The van der Waals surface area contributed by atoms with E-state index >= 15 is 0 Å². The predicted octanol–water partition coefficient (Wildman–Crippen LogP) is 3.06. The van der Waals surface area contributed by atoms with Gasteiger partial charge in [0.2, 0.25) is 0 Å². The lowest BCUT2D eigenvalue weighted by Gasteiger charge is -2.09. The van der Waals surface area contributed by atoms with Gasteiger partial charge in [0.15, 0.2) is 11.6 Å². The molecule has 0 aliphatic heterocycles. The zero-order chi connectivity index (χ0) is 14.7. The van der Waals surface area contributed by atoms with E-state index in [1.807, 2.05) is 0 Å². The van der Waals surface area contributed by atoms with Crippen LogP contribution in [0, 0.1) is 11.6 Å². The second kappa shape index (κ2) is 5.92. The third-order valence-electron chi connectivity index (χ3n) is 2.60. The quantitative estimate of drug-likeness (QED) is 0.855. The molecule has 0 saturated carbocycles. The van der Waals surface area contributed by atoms with Gasteiger partial charge >= 0.3 is 0 Å². The fourth-order valence-corrected chi connectivity index (χ4v) is 2.63. The molecular formula is C14H12F2N2OS. The SMILES string of the molecule is CNC(=O)c1ccc(N)cc1Sc1ccc(F)c(F)c1. The lowest BCUT2D eigenvalue weighted by atomic mass is 10.2. The van der Waals surface area contributed by atoms with Crippen LogP contribution in [0.2, 0.25) is 0 Å². The van der Waals surface area contributed by atoms with Gasteiger partial charge in [-0.15, -0.1) is 0 Å². The highest BCUT2D eigenvalue weighted by Gasteiger charge is 2.12. The number of nitrogens with two attached hydrogens (primary N) is 1. The number of halogens is 2. The molecule has 0 aliphatic carbocycles. The average Bonchev–Trinajstić information content (AvgIpc) is 2.42. The summed E-state index contributed by atoms with van der Waals surface area (Å²) in [5.41, 5.74) is 6.61. The third kappa shape index (κ3) is 3.08. The highest BCUT2D eigenvalue weighted by Crippen LogP contribution is 2.32. The number of rotatable bonds is 3. The molecule has 3 N–H and O–H groups in total. The summed E-state index contributed by atoms with van der Waals surface area (Å²) in [4.78, 5) is 12.8. The second-order valence-corrected chi connectivity index (χ2v) is 5.13. The summed E-state index contributed by atoms with van der Waals surface area (Å²) >= 11 is 1.15. The standard InChI is InChI=1S/C14H12F2N2OS/c1-18-14(19)10-4-2-8(17)6-13(10)20-9-3-5-11(15)12(16)7-9/h2-7H,17H2,1H3,(H,18,19). The Morgan fingerprint density at radius 2 is 1.90 bits per heavy atom.